The highest BCUT2D eigenvalue weighted by Crippen LogP contribution is 2.35. The number of nitrogens with one attached hydrogen (secondary N) is 2. The van der Waals surface area contributed by atoms with E-state index in [9.17, 15) is 4.79 Å². The van der Waals surface area contributed by atoms with Crippen LogP contribution < -0.4 is 25.1 Å². The summed E-state index contributed by atoms with van der Waals surface area (Å²) in [6.45, 7) is 0.347. The van der Waals surface area contributed by atoms with Crippen LogP contribution in [0.4, 0.5) is 5.69 Å². The van der Waals surface area contributed by atoms with Crippen molar-refractivity contribution in [3.63, 3.8) is 0 Å². The molecule has 0 spiro atoms. The molecule has 0 aliphatic rings. The Bertz CT molecular complexity index is 1560. The average Bonchev–Trinajstić information content (AvgIpc) is 3.30. The predicted molar refractivity (Wildman–Crippen MR) is 141 cm³/mol. The summed E-state index contributed by atoms with van der Waals surface area (Å²) >= 11 is 0. The normalized spacial score (nSPS) is 10.9. The molecule has 36 heavy (non-hydrogen) atoms. The Kier molecular flexibility index (Phi) is 6.32. The van der Waals surface area contributed by atoms with Crippen LogP contribution in [0.25, 0.3) is 28.0 Å². The summed E-state index contributed by atoms with van der Waals surface area (Å²) in [5, 5.41) is 9.02. The molecular formula is C28H26N4O4. The van der Waals surface area contributed by atoms with Crippen molar-refractivity contribution < 1.29 is 14.2 Å². The fraction of sp³-hybridized carbons (Fsp3) is 0.143. The van der Waals surface area contributed by atoms with Crippen molar-refractivity contribution in [1.82, 2.24) is 14.8 Å². The molecule has 5 rings (SSSR count). The second-order valence-electron chi connectivity index (χ2n) is 8.13. The first-order valence-electron chi connectivity index (χ1n) is 11.4. The number of aromatic amines is 1. The molecule has 3 aromatic carbocycles. The molecule has 0 unspecified atom stereocenters. The van der Waals surface area contributed by atoms with Crippen LogP contribution in [-0.4, -0.2) is 36.1 Å². The van der Waals surface area contributed by atoms with Crippen molar-refractivity contribution in [3.8, 4) is 34.2 Å². The molecule has 0 fully saturated rings. The highest BCUT2D eigenvalue weighted by molar-refractivity contribution is 5.93. The molecule has 5 aromatic rings. The lowest BCUT2D eigenvalue weighted by Crippen LogP contribution is -2.16. The first-order valence-corrected chi connectivity index (χ1v) is 11.4. The zero-order chi connectivity index (χ0) is 25.1. The summed E-state index contributed by atoms with van der Waals surface area (Å²) < 4.78 is 17.9. The Morgan fingerprint density at radius 1 is 0.861 bits per heavy atom. The number of aromatic nitrogens is 3. The Morgan fingerprint density at radius 2 is 1.61 bits per heavy atom. The smallest absolute Gasteiger partial charge is 0.254 e. The Morgan fingerprint density at radius 3 is 2.31 bits per heavy atom. The predicted octanol–water partition coefficient (Wildman–Crippen LogP) is 5.02. The number of anilines is 1. The number of ether oxygens (including phenoxy) is 3. The summed E-state index contributed by atoms with van der Waals surface area (Å²) in [6.07, 6.45) is 0. The summed E-state index contributed by atoms with van der Waals surface area (Å²) in [5.74, 6) is 2.00. The number of benzene rings is 3. The molecule has 0 saturated heterocycles. The molecule has 0 bridgehead atoms. The van der Waals surface area contributed by atoms with Crippen molar-refractivity contribution in [2.75, 3.05) is 26.6 Å². The summed E-state index contributed by atoms with van der Waals surface area (Å²) in [6, 6.07) is 24.8. The van der Waals surface area contributed by atoms with E-state index < -0.39 is 0 Å². The van der Waals surface area contributed by atoms with Gasteiger partial charge < -0.3 is 24.5 Å². The minimum absolute atomic E-state index is 0.181. The highest BCUT2D eigenvalue weighted by Gasteiger charge is 2.18. The van der Waals surface area contributed by atoms with Crippen molar-refractivity contribution in [1.29, 1.82) is 0 Å². The van der Waals surface area contributed by atoms with E-state index in [2.05, 4.69) is 10.3 Å². The zero-order valence-electron chi connectivity index (χ0n) is 20.2. The molecule has 0 aliphatic heterocycles. The molecular weight excluding hydrogens is 456 g/mol. The number of hydrogen-bond acceptors (Lipinski definition) is 6. The average molecular weight is 483 g/mol. The highest BCUT2D eigenvalue weighted by atomic mass is 16.5. The van der Waals surface area contributed by atoms with E-state index in [1.54, 1.807) is 26.0 Å². The molecule has 0 radical (unpaired) electrons. The van der Waals surface area contributed by atoms with Crippen molar-refractivity contribution in [3.05, 3.63) is 94.8 Å². The van der Waals surface area contributed by atoms with Crippen LogP contribution in [0.2, 0.25) is 0 Å². The van der Waals surface area contributed by atoms with Gasteiger partial charge in [-0.2, -0.15) is 5.10 Å². The first kappa shape index (κ1) is 23.0. The van der Waals surface area contributed by atoms with Crippen LogP contribution >= 0.6 is 0 Å². The van der Waals surface area contributed by atoms with Crippen LogP contribution in [0.1, 0.15) is 5.56 Å². The molecule has 0 saturated carbocycles. The van der Waals surface area contributed by atoms with Crippen LogP contribution in [0.15, 0.2) is 83.7 Å². The van der Waals surface area contributed by atoms with Gasteiger partial charge in [-0.25, -0.2) is 4.68 Å². The van der Waals surface area contributed by atoms with E-state index in [4.69, 9.17) is 19.3 Å². The summed E-state index contributed by atoms with van der Waals surface area (Å²) in [7, 11) is 4.83. The van der Waals surface area contributed by atoms with Gasteiger partial charge >= 0.3 is 0 Å². The lowest BCUT2D eigenvalue weighted by molar-refractivity contribution is 0.355. The van der Waals surface area contributed by atoms with E-state index >= 15 is 0 Å². The molecule has 0 amide bonds. The zero-order valence-corrected chi connectivity index (χ0v) is 20.2. The van der Waals surface area contributed by atoms with Gasteiger partial charge in [0.05, 0.1) is 27.0 Å². The van der Waals surface area contributed by atoms with Crippen LogP contribution in [0, 0.1) is 0 Å². The van der Waals surface area contributed by atoms with E-state index in [0.29, 0.717) is 29.3 Å². The maximum absolute atomic E-state index is 13.1. The van der Waals surface area contributed by atoms with Gasteiger partial charge in [0.2, 0.25) is 0 Å². The molecule has 8 nitrogen and oxygen atoms in total. The second kappa shape index (κ2) is 9.87. The number of H-pyrrole nitrogens is 1. The van der Waals surface area contributed by atoms with Crippen molar-refractivity contribution in [2.24, 2.45) is 0 Å². The molecule has 2 N–H and O–H groups in total. The Balaban J connectivity index is 1.61. The SMILES string of the molecule is COc1ccc(NCc2cc3c(-c4ccc(OC)c(OC)c4)nn(-c4ccccc4)c3[nH]c2=O)cc1. The van der Waals surface area contributed by atoms with Gasteiger partial charge in [0.15, 0.2) is 11.5 Å². The van der Waals surface area contributed by atoms with Gasteiger partial charge in [0.25, 0.3) is 5.56 Å². The quantitative estimate of drug-likeness (QED) is 0.323. The van der Waals surface area contributed by atoms with Gasteiger partial charge in [0.1, 0.15) is 17.1 Å². The van der Waals surface area contributed by atoms with Crippen LogP contribution in [0.3, 0.4) is 0 Å². The number of pyridine rings is 1. The summed E-state index contributed by atoms with van der Waals surface area (Å²) in [5.41, 5.74) is 4.31. The van der Waals surface area contributed by atoms with E-state index in [1.165, 1.54) is 0 Å². The van der Waals surface area contributed by atoms with Gasteiger partial charge in [-0.05, 0) is 60.7 Å². The molecule has 2 heterocycles. The second-order valence-corrected chi connectivity index (χ2v) is 8.13. The van der Waals surface area contributed by atoms with Crippen LogP contribution in [-0.2, 0) is 6.54 Å². The Labute approximate surface area is 208 Å². The minimum atomic E-state index is -0.181. The first-order chi connectivity index (χ1) is 17.6. The van der Waals surface area contributed by atoms with Crippen molar-refractivity contribution in [2.45, 2.75) is 6.54 Å². The Hall–Kier alpha value is -4.72. The van der Waals surface area contributed by atoms with Gasteiger partial charge in [0, 0.05) is 28.7 Å². The number of fused-ring (bicyclic) bond motifs is 1. The molecule has 2 aromatic heterocycles. The number of para-hydroxylation sites is 1. The summed E-state index contributed by atoms with van der Waals surface area (Å²) in [4.78, 5) is 16.1. The lowest BCUT2D eigenvalue weighted by atomic mass is 10.1. The van der Waals surface area contributed by atoms with E-state index in [-0.39, 0.29) is 5.56 Å². The molecule has 0 atom stereocenters. The third-order valence-corrected chi connectivity index (χ3v) is 5.99. The molecule has 182 valence electrons. The number of methoxy groups -OCH3 is 3. The van der Waals surface area contributed by atoms with Gasteiger partial charge in [-0.3, -0.25) is 4.79 Å². The number of rotatable bonds is 8. The van der Waals surface area contributed by atoms with Gasteiger partial charge in [-0.15, -0.1) is 0 Å². The third kappa shape index (κ3) is 4.36. The fourth-order valence-electron chi connectivity index (χ4n) is 4.10. The lowest BCUT2D eigenvalue weighted by Gasteiger charge is -2.09. The van der Waals surface area contributed by atoms with Crippen molar-refractivity contribution >= 4 is 16.7 Å². The molecule has 0 aliphatic carbocycles. The fourth-order valence-corrected chi connectivity index (χ4v) is 4.10. The maximum atomic E-state index is 13.1. The topological polar surface area (TPSA) is 90.4 Å². The molecule has 8 heteroatoms. The standard InChI is InChI=1S/C28H26N4O4/c1-34-22-12-10-20(11-13-22)29-17-19-15-23-26(18-9-14-24(35-2)25(16-18)36-3)31-32(27(23)30-28(19)33)21-7-5-4-6-8-21/h4-16,29H,17H2,1-3H3,(H,30,33). The number of hydrogen-bond donors (Lipinski definition) is 2. The van der Waals surface area contributed by atoms with Crippen LogP contribution in [0.5, 0.6) is 17.2 Å². The maximum Gasteiger partial charge on any atom is 0.254 e. The van der Waals surface area contributed by atoms with Gasteiger partial charge in [-0.1, -0.05) is 18.2 Å². The number of nitrogens with zero attached hydrogens (tertiary/aromatic N) is 2. The van der Waals surface area contributed by atoms with E-state index in [0.717, 1.165) is 33.8 Å². The monoisotopic (exact) mass is 482 g/mol. The largest absolute Gasteiger partial charge is 0.497 e. The third-order valence-electron chi connectivity index (χ3n) is 5.99. The van der Waals surface area contributed by atoms with E-state index in [1.807, 2.05) is 78.9 Å². The minimum Gasteiger partial charge on any atom is -0.497 e.